The summed E-state index contributed by atoms with van der Waals surface area (Å²) in [5.41, 5.74) is 0. The first-order valence-electron chi connectivity index (χ1n) is 4.73. The van der Waals surface area contributed by atoms with E-state index in [1.165, 1.54) is 0 Å². The minimum absolute atomic E-state index is 0. The Morgan fingerprint density at radius 3 is 0.538 bits per heavy atom. The molecule has 0 aromatic rings. The van der Waals surface area contributed by atoms with E-state index >= 15 is 0 Å². The summed E-state index contributed by atoms with van der Waals surface area (Å²) < 4.78 is 0. The summed E-state index contributed by atoms with van der Waals surface area (Å²) in [5.74, 6) is 0.833. The van der Waals surface area contributed by atoms with Gasteiger partial charge in [0.2, 0.25) is 0 Å². The van der Waals surface area contributed by atoms with Crippen LogP contribution in [0.1, 0.15) is 62.3 Å². The Morgan fingerprint density at radius 1 is 0.538 bits per heavy atom. The second-order valence-electron chi connectivity index (χ2n) is 1.73. The summed E-state index contributed by atoms with van der Waals surface area (Å²) in [6, 6.07) is 0. The fraction of sp³-hybridized carbons (Fsp3) is 0.909. The average molecular weight is 341 g/mol. The van der Waals surface area contributed by atoms with Gasteiger partial charge in [0.1, 0.15) is 0 Å². The van der Waals surface area contributed by atoms with Crippen LogP contribution < -0.4 is 0 Å². The molecular weight excluding hydrogens is 310 g/mol. The van der Waals surface area contributed by atoms with Crippen molar-refractivity contribution in [2.75, 3.05) is 0 Å². The smallest absolute Gasteiger partial charge is 0 e. The first kappa shape index (κ1) is 45.6. The summed E-state index contributed by atoms with van der Waals surface area (Å²) in [6.07, 6.45) is 0. The molecule has 82 valence electrons. The van der Waals surface area contributed by atoms with E-state index in [9.17, 15) is 0 Å². The van der Waals surface area contributed by atoms with Crippen molar-refractivity contribution < 1.29 is 65.4 Å². The Balaban J connectivity index is -0.00000000727. The molecule has 13 heavy (non-hydrogen) atoms. The molecule has 0 rings (SSSR count). The minimum Gasteiger partial charge on any atom is -0.358 e. The zero-order valence-electron chi connectivity index (χ0n) is 11.7. The molecule has 0 aromatic carbocycles. The fourth-order valence-electron chi connectivity index (χ4n) is 0. The van der Waals surface area contributed by atoms with Crippen LogP contribution in [-0.2, 0) is 65.4 Å². The average Bonchev–Trinajstić information content (AvgIpc) is 1.98. The molecule has 0 N–H and O–H groups in total. The molecule has 0 saturated heterocycles. The monoisotopic (exact) mass is 341 g/mol. The van der Waals surface area contributed by atoms with E-state index in [0.29, 0.717) is 0 Å². The third kappa shape index (κ3) is 434. The molecule has 0 aliphatic carbocycles. The van der Waals surface area contributed by atoms with E-state index in [2.05, 4.69) is 20.8 Å². The predicted molar refractivity (Wildman–Crippen MR) is 61.0 cm³/mol. The normalized spacial score (nSPS) is 4.15. The molecule has 0 heterocycles. The van der Waals surface area contributed by atoms with Gasteiger partial charge in [-0.1, -0.05) is 62.3 Å². The Labute approximate surface area is 139 Å². The van der Waals surface area contributed by atoms with E-state index in [-0.39, 0.29) is 72.8 Å². The van der Waals surface area contributed by atoms with Crippen molar-refractivity contribution in [1.82, 2.24) is 0 Å². The van der Waals surface area contributed by atoms with Crippen molar-refractivity contribution in [3.8, 4) is 0 Å². The summed E-state index contributed by atoms with van der Waals surface area (Å²) >= 11 is 0. The maximum Gasteiger partial charge on any atom is 0 e. The van der Waals surface area contributed by atoms with Crippen molar-refractivity contribution in [3.63, 3.8) is 0 Å². The number of hydrogen-bond donors (Lipinski definition) is 0. The van der Waals surface area contributed by atoms with Gasteiger partial charge in [-0.2, -0.15) is 0 Å². The Hall–Kier alpha value is 2.21. The van der Waals surface area contributed by atoms with Crippen molar-refractivity contribution in [3.05, 3.63) is 7.43 Å². The van der Waals surface area contributed by atoms with Crippen LogP contribution in [0.2, 0.25) is 0 Å². The van der Waals surface area contributed by atoms with Crippen LogP contribution in [0.4, 0.5) is 0 Å². The second kappa shape index (κ2) is 91.4. The van der Waals surface area contributed by atoms with Crippen LogP contribution in [0, 0.1) is 13.3 Å². The Morgan fingerprint density at radius 2 is 0.538 bits per heavy atom. The number of hydrogen-bond acceptors (Lipinski definition) is 0. The van der Waals surface area contributed by atoms with E-state index < -0.39 is 0 Å². The summed E-state index contributed by atoms with van der Waals surface area (Å²) in [5, 5.41) is 0. The standard InChI is InChI=1S/C4H10.3C2H6.CH3.2Y/c1-4(2)3;3*1-2;;;/h4H,1-3H3;3*1-2H3;1H3;;/q;;;;-1;;. The first-order chi connectivity index (χ1) is 4.73. The minimum atomic E-state index is 0. The van der Waals surface area contributed by atoms with Gasteiger partial charge in [0.05, 0.1) is 0 Å². The van der Waals surface area contributed by atoms with Gasteiger partial charge in [0, 0.05) is 65.4 Å². The summed E-state index contributed by atoms with van der Waals surface area (Å²) in [4.78, 5) is 0. The molecule has 2 heteroatoms. The third-order valence-corrected chi connectivity index (χ3v) is 0. The molecule has 0 unspecified atom stereocenters. The topological polar surface area (TPSA) is 0 Å². The van der Waals surface area contributed by atoms with E-state index in [0.717, 1.165) is 5.92 Å². The van der Waals surface area contributed by atoms with Crippen molar-refractivity contribution in [2.45, 2.75) is 62.3 Å². The van der Waals surface area contributed by atoms with Gasteiger partial charge in [0.25, 0.3) is 0 Å². The van der Waals surface area contributed by atoms with Gasteiger partial charge < -0.3 is 7.43 Å². The maximum atomic E-state index is 2.17. The largest absolute Gasteiger partial charge is 0.358 e. The van der Waals surface area contributed by atoms with E-state index in [1.807, 2.05) is 41.5 Å². The molecule has 2 radical (unpaired) electrons. The zero-order valence-corrected chi connectivity index (χ0v) is 17.4. The molecule has 0 aromatic heterocycles. The van der Waals surface area contributed by atoms with E-state index in [1.54, 1.807) is 0 Å². The Bertz CT molecular complexity index is 12.8. The van der Waals surface area contributed by atoms with Crippen molar-refractivity contribution in [2.24, 2.45) is 5.92 Å². The maximum absolute atomic E-state index is 2.17. The molecule has 0 atom stereocenters. The van der Waals surface area contributed by atoms with Gasteiger partial charge >= 0.3 is 0 Å². The van der Waals surface area contributed by atoms with Crippen LogP contribution in [0.25, 0.3) is 0 Å². The van der Waals surface area contributed by atoms with Gasteiger partial charge in [-0.25, -0.2) is 0 Å². The van der Waals surface area contributed by atoms with Crippen LogP contribution in [0.5, 0.6) is 0 Å². The van der Waals surface area contributed by atoms with Gasteiger partial charge in [0.15, 0.2) is 0 Å². The van der Waals surface area contributed by atoms with Gasteiger partial charge in [-0.15, -0.1) is 0 Å². The second-order valence-corrected chi connectivity index (χ2v) is 1.73. The molecule has 0 nitrogen and oxygen atoms in total. The molecule has 0 aliphatic rings. The predicted octanol–water partition coefficient (Wildman–Crippen LogP) is 5.19. The SMILES string of the molecule is CC.CC.CC.CC(C)C.[CH3-].[Y].[Y]. The van der Waals surface area contributed by atoms with Gasteiger partial charge in [-0.3, -0.25) is 0 Å². The van der Waals surface area contributed by atoms with Crippen molar-refractivity contribution >= 4 is 0 Å². The fourth-order valence-corrected chi connectivity index (χ4v) is 0. The van der Waals surface area contributed by atoms with Crippen LogP contribution in [0.3, 0.4) is 0 Å². The molecular formula is C11H31Y2-. The van der Waals surface area contributed by atoms with Crippen LogP contribution >= 0.6 is 0 Å². The molecule has 0 fully saturated rings. The first-order valence-corrected chi connectivity index (χ1v) is 4.73. The Kier molecular flexibility index (Phi) is 320. The quantitative estimate of drug-likeness (QED) is 0.532. The van der Waals surface area contributed by atoms with Crippen molar-refractivity contribution in [1.29, 1.82) is 0 Å². The molecule has 0 aliphatic heterocycles. The molecule has 0 saturated carbocycles. The number of rotatable bonds is 0. The zero-order chi connectivity index (χ0) is 9.58. The third-order valence-electron chi connectivity index (χ3n) is 0. The molecule has 0 bridgehead atoms. The molecule has 0 spiro atoms. The van der Waals surface area contributed by atoms with E-state index in [4.69, 9.17) is 0 Å². The summed E-state index contributed by atoms with van der Waals surface area (Å²) in [6.45, 7) is 18.5. The molecule has 0 amide bonds. The van der Waals surface area contributed by atoms with Crippen LogP contribution in [-0.4, -0.2) is 0 Å². The summed E-state index contributed by atoms with van der Waals surface area (Å²) in [7, 11) is 0. The van der Waals surface area contributed by atoms with Gasteiger partial charge in [-0.05, 0) is 5.92 Å². The van der Waals surface area contributed by atoms with Crippen LogP contribution in [0.15, 0.2) is 0 Å².